The maximum absolute atomic E-state index is 13.0. The molecule has 4 aliphatic rings. The summed E-state index contributed by atoms with van der Waals surface area (Å²) in [4.78, 5) is 26.0. The van der Waals surface area contributed by atoms with Crippen LogP contribution in [0.3, 0.4) is 0 Å². The van der Waals surface area contributed by atoms with Crippen LogP contribution in [0, 0.1) is 23.7 Å². The number of hydrazone groups is 1. The third-order valence-electron chi connectivity index (χ3n) is 6.62. The minimum absolute atomic E-state index is 0.149. The predicted molar refractivity (Wildman–Crippen MR) is 128 cm³/mol. The van der Waals surface area contributed by atoms with Gasteiger partial charge in [-0.15, -0.1) is 0 Å². The summed E-state index contributed by atoms with van der Waals surface area (Å²) in [5.74, 6) is 0.557. The highest BCUT2D eigenvalue weighted by atomic mass is 79.9. The first-order chi connectivity index (χ1) is 16.1. The Morgan fingerprint density at radius 1 is 1.03 bits per heavy atom. The van der Waals surface area contributed by atoms with E-state index in [1.54, 1.807) is 6.07 Å². The van der Waals surface area contributed by atoms with Gasteiger partial charge in [0.05, 0.1) is 29.1 Å². The van der Waals surface area contributed by atoms with E-state index >= 15 is 0 Å². The summed E-state index contributed by atoms with van der Waals surface area (Å²) >= 11 is 3.57. The number of hydrogen-bond acceptors (Lipinski definition) is 5. The van der Waals surface area contributed by atoms with Crippen molar-refractivity contribution >= 4 is 34.0 Å². The molecule has 170 valence electrons. The van der Waals surface area contributed by atoms with Crippen molar-refractivity contribution in [2.45, 2.75) is 26.4 Å². The second-order valence-electron chi connectivity index (χ2n) is 8.61. The van der Waals surface area contributed by atoms with Crippen molar-refractivity contribution in [3.8, 4) is 11.5 Å². The van der Waals surface area contributed by atoms with Gasteiger partial charge in [-0.2, -0.15) is 10.1 Å². The lowest BCUT2D eigenvalue weighted by molar-refractivity contribution is -0.140. The van der Waals surface area contributed by atoms with Crippen LogP contribution in [0.25, 0.3) is 0 Å². The first-order valence-corrected chi connectivity index (χ1v) is 12.1. The number of allylic oxidation sites excluding steroid dienone is 2. The molecule has 2 bridgehead atoms. The van der Waals surface area contributed by atoms with Crippen molar-refractivity contribution in [3.63, 3.8) is 0 Å². The number of benzene rings is 2. The summed E-state index contributed by atoms with van der Waals surface area (Å²) in [5, 5.41) is 5.38. The maximum atomic E-state index is 13.0. The minimum Gasteiger partial charge on any atom is -0.490 e. The van der Waals surface area contributed by atoms with E-state index in [0.717, 1.165) is 23.4 Å². The summed E-state index contributed by atoms with van der Waals surface area (Å²) in [7, 11) is 0. The fourth-order valence-electron chi connectivity index (χ4n) is 5.09. The molecule has 2 aromatic carbocycles. The minimum atomic E-state index is -0.266. The van der Waals surface area contributed by atoms with E-state index in [2.05, 4.69) is 33.2 Å². The number of rotatable bonds is 7. The van der Waals surface area contributed by atoms with Gasteiger partial charge < -0.3 is 9.47 Å². The second-order valence-corrected chi connectivity index (χ2v) is 9.47. The van der Waals surface area contributed by atoms with Crippen molar-refractivity contribution < 1.29 is 19.1 Å². The molecule has 0 radical (unpaired) electrons. The van der Waals surface area contributed by atoms with Gasteiger partial charge in [0, 0.05) is 0 Å². The smallest absolute Gasteiger partial charge is 0.254 e. The molecule has 33 heavy (non-hydrogen) atoms. The average Bonchev–Trinajstić information content (AvgIpc) is 3.10. The molecule has 0 spiro atoms. The van der Waals surface area contributed by atoms with Crippen LogP contribution >= 0.6 is 15.9 Å². The molecule has 6 rings (SSSR count). The highest BCUT2D eigenvalue weighted by Gasteiger charge is 2.56. The molecule has 4 atom stereocenters. The Labute approximate surface area is 201 Å². The van der Waals surface area contributed by atoms with Gasteiger partial charge in [-0.05, 0) is 70.8 Å². The summed E-state index contributed by atoms with van der Waals surface area (Å²) in [6.45, 7) is 2.78. The first-order valence-electron chi connectivity index (χ1n) is 11.3. The predicted octanol–water partition coefficient (Wildman–Crippen LogP) is 4.96. The molecule has 2 fully saturated rings. The Kier molecular flexibility index (Phi) is 6.06. The van der Waals surface area contributed by atoms with Gasteiger partial charge in [0.15, 0.2) is 11.5 Å². The number of carbonyl (C=O) groups is 2. The molecule has 1 saturated carbocycles. The van der Waals surface area contributed by atoms with Crippen LogP contribution in [0.15, 0.2) is 64.2 Å². The van der Waals surface area contributed by atoms with E-state index in [-0.39, 0.29) is 35.5 Å². The molecule has 0 aromatic heterocycles. The van der Waals surface area contributed by atoms with E-state index in [1.165, 1.54) is 6.21 Å². The number of fused-ring (bicyclic) bond motifs is 1. The molecule has 7 heteroatoms. The SMILES string of the molecule is CCOc1cc(C=NN2C(=O)C3C4C=CC(CC4)C3C2=O)cc(Br)c1OCc1ccccc1. The zero-order chi connectivity index (χ0) is 22.9. The molecule has 1 aliphatic heterocycles. The second kappa shape index (κ2) is 9.14. The third-order valence-corrected chi connectivity index (χ3v) is 7.21. The van der Waals surface area contributed by atoms with Gasteiger partial charge in [0.25, 0.3) is 11.8 Å². The fraction of sp³-hybridized carbons (Fsp3) is 0.346. The zero-order valence-corrected chi connectivity index (χ0v) is 19.9. The van der Waals surface area contributed by atoms with Gasteiger partial charge in [-0.1, -0.05) is 42.5 Å². The van der Waals surface area contributed by atoms with Gasteiger partial charge in [0.2, 0.25) is 0 Å². The normalized spacial score (nSPS) is 25.7. The van der Waals surface area contributed by atoms with Crippen LogP contribution in [0.5, 0.6) is 11.5 Å². The summed E-state index contributed by atoms with van der Waals surface area (Å²) in [5.41, 5.74) is 1.75. The number of imide groups is 1. The fourth-order valence-corrected chi connectivity index (χ4v) is 5.67. The van der Waals surface area contributed by atoms with E-state index in [0.29, 0.717) is 34.7 Å². The summed E-state index contributed by atoms with van der Waals surface area (Å²) in [6, 6.07) is 13.5. The van der Waals surface area contributed by atoms with E-state index < -0.39 is 0 Å². The van der Waals surface area contributed by atoms with Crippen LogP contribution in [0.2, 0.25) is 0 Å². The number of amides is 2. The molecule has 3 aliphatic carbocycles. The molecule has 1 saturated heterocycles. The molecule has 0 N–H and O–H groups in total. The van der Waals surface area contributed by atoms with Crippen molar-refractivity contribution in [3.05, 3.63) is 70.2 Å². The summed E-state index contributed by atoms with van der Waals surface area (Å²) in [6.07, 6.45) is 7.68. The Morgan fingerprint density at radius 2 is 1.70 bits per heavy atom. The molecule has 2 amide bonds. The third kappa shape index (κ3) is 4.10. The van der Waals surface area contributed by atoms with Gasteiger partial charge >= 0.3 is 0 Å². The molecule has 2 aromatic rings. The van der Waals surface area contributed by atoms with Crippen molar-refractivity contribution in [2.24, 2.45) is 28.8 Å². The number of carbonyl (C=O) groups excluding carboxylic acids is 2. The lowest BCUT2D eigenvalue weighted by atomic mass is 9.63. The standard InChI is InChI=1S/C26H25BrN2O4/c1-2-32-21-13-17(12-20(27)24(21)33-15-16-6-4-3-5-7-16)14-28-29-25(30)22-18-8-9-19(11-10-18)23(22)26(29)31/h3-9,12-14,18-19,22-23H,2,10-11,15H2,1H3. The Morgan fingerprint density at radius 3 is 2.30 bits per heavy atom. The van der Waals surface area contributed by atoms with Gasteiger partial charge in [-0.3, -0.25) is 9.59 Å². The number of nitrogens with zero attached hydrogens (tertiary/aromatic N) is 2. The lowest BCUT2D eigenvalue weighted by Gasteiger charge is -2.37. The van der Waals surface area contributed by atoms with E-state index in [9.17, 15) is 9.59 Å². The average molecular weight is 509 g/mol. The Bertz CT molecular complexity index is 1100. The number of ether oxygens (including phenoxy) is 2. The highest BCUT2D eigenvalue weighted by Crippen LogP contribution is 2.49. The Balaban J connectivity index is 1.36. The highest BCUT2D eigenvalue weighted by molar-refractivity contribution is 9.10. The number of hydrogen-bond donors (Lipinski definition) is 0. The van der Waals surface area contributed by atoms with Gasteiger partial charge in [-0.25, -0.2) is 0 Å². The van der Waals surface area contributed by atoms with E-state index in [1.807, 2.05) is 43.3 Å². The van der Waals surface area contributed by atoms with E-state index in [4.69, 9.17) is 9.47 Å². The maximum Gasteiger partial charge on any atom is 0.254 e. The van der Waals surface area contributed by atoms with Crippen LogP contribution in [-0.4, -0.2) is 29.6 Å². The Hall–Kier alpha value is -2.93. The topological polar surface area (TPSA) is 68.2 Å². The van der Waals surface area contributed by atoms with Crippen LogP contribution < -0.4 is 9.47 Å². The largest absolute Gasteiger partial charge is 0.490 e. The summed E-state index contributed by atoms with van der Waals surface area (Å²) < 4.78 is 12.5. The molecule has 1 heterocycles. The number of halogens is 1. The van der Waals surface area contributed by atoms with Crippen molar-refractivity contribution in [1.82, 2.24) is 5.01 Å². The van der Waals surface area contributed by atoms with Crippen LogP contribution in [0.4, 0.5) is 0 Å². The first kappa shape index (κ1) is 21.9. The van der Waals surface area contributed by atoms with Crippen molar-refractivity contribution in [2.75, 3.05) is 6.61 Å². The van der Waals surface area contributed by atoms with Crippen molar-refractivity contribution in [1.29, 1.82) is 0 Å². The molecular weight excluding hydrogens is 484 g/mol. The quantitative estimate of drug-likeness (QED) is 0.301. The lowest BCUT2D eigenvalue weighted by Crippen LogP contribution is -2.38. The molecule has 4 unspecified atom stereocenters. The van der Waals surface area contributed by atoms with Crippen LogP contribution in [0.1, 0.15) is 30.9 Å². The monoisotopic (exact) mass is 508 g/mol. The van der Waals surface area contributed by atoms with Crippen LogP contribution in [-0.2, 0) is 16.2 Å². The molecule has 6 nitrogen and oxygen atoms in total. The van der Waals surface area contributed by atoms with Gasteiger partial charge in [0.1, 0.15) is 6.61 Å². The zero-order valence-electron chi connectivity index (χ0n) is 18.3. The molecular formula is C26H25BrN2O4.